The molecule has 0 radical (unpaired) electrons. The molecule has 1 aromatic carbocycles. The molecule has 0 aliphatic heterocycles. The van der Waals surface area contributed by atoms with Crippen LogP contribution in [0.25, 0.3) is 0 Å². The number of alkyl halides is 2. The van der Waals surface area contributed by atoms with Crippen molar-refractivity contribution in [3.05, 3.63) is 29.3 Å². The average Bonchev–Trinajstić information content (AvgIpc) is 2.07. The van der Waals surface area contributed by atoms with Gasteiger partial charge in [0.25, 0.3) is 6.43 Å². The zero-order valence-corrected chi connectivity index (χ0v) is 8.52. The van der Waals surface area contributed by atoms with E-state index in [1.54, 1.807) is 6.07 Å². The van der Waals surface area contributed by atoms with Crippen molar-refractivity contribution in [2.75, 3.05) is 0 Å². The van der Waals surface area contributed by atoms with Gasteiger partial charge in [0.2, 0.25) is 0 Å². The Balaban J connectivity index is 3.00. The van der Waals surface area contributed by atoms with E-state index in [1.807, 2.05) is 0 Å². The van der Waals surface area contributed by atoms with Crippen LogP contribution in [0.5, 0.6) is 0 Å². The standard InChI is InChI=1S/C10H10F2OS/c1-6(13)4-7-2-3-9(14)8(5-7)10(11)12/h2-3,5,10,14H,4H2,1H3. The maximum Gasteiger partial charge on any atom is 0.264 e. The minimum Gasteiger partial charge on any atom is -0.300 e. The van der Waals surface area contributed by atoms with E-state index in [9.17, 15) is 13.6 Å². The highest BCUT2D eigenvalue weighted by Gasteiger charge is 2.11. The average molecular weight is 216 g/mol. The van der Waals surface area contributed by atoms with Crippen molar-refractivity contribution in [1.82, 2.24) is 0 Å². The molecular weight excluding hydrogens is 206 g/mol. The largest absolute Gasteiger partial charge is 0.300 e. The van der Waals surface area contributed by atoms with Gasteiger partial charge in [0.15, 0.2) is 0 Å². The lowest BCUT2D eigenvalue weighted by atomic mass is 10.1. The fourth-order valence-electron chi connectivity index (χ4n) is 1.18. The lowest BCUT2D eigenvalue weighted by Gasteiger charge is -2.06. The van der Waals surface area contributed by atoms with Crippen LogP contribution < -0.4 is 0 Å². The van der Waals surface area contributed by atoms with Crippen molar-refractivity contribution in [3.8, 4) is 0 Å². The van der Waals surface area contributed by atoms with Gasteiger partial charge in [-0.1, -0.05) is 6.07 Å². The molecule has 4 heteroatoms. The number of carbonyl (C=O) groups is 1. The summed E-state index contributed by atoms with van der Waals surface area (Å²) >= 11 is 3.91. The molecule has 0 saturated carbocycles. The summed E-state index contributed by atoms with van der Waals surface area (Å²) in [5.74, 6) is -0.0443. The van der Waals surface area contributed by atoms with Crippen LogP contribution in [-0.4, -0.2) is 5.78 Å². The first kappa shape index (κ1) is 11.2. The number of hydrogen-bond donors (Lipinski definition) is 1. The van der Waals surface area contributed by atoms with E-state index < -0.39 is 6.43 Å². The summed E-state index contributed by atoms with van der Waals surface area (Å²) in [6.07, 6.45) is -2.36. The Morgan fingerprint density at radius 2 is 2.14 bits per heavy atom. The monoisotopic (exact) mass is 216 g/mol. The predicted molar refractivity (Wildman–Crippen MR) is 53.0 cm³/mol. The van der Waals surface area contributed by atoms with Crippen LogP contribution in [0.3, 0.4) is 0 Å². The highest BCUT2D eigenvalue weighted by Crippen LogP contribution is 2.26. The van der Waals surface area contributed by atoms with Crippen LogP contribution >= 0.6 is 12.6 Å². The molecule has 0 spiro atoms. The molecule has 0 amide bonds. The minimum atomic E-state index is -2.55. The van der Waals surface area contributed by atoms with Crippen molar-refractivity contribution >= 4 is 18.4 Å². The van der Waals surface area contributed by atoms with Crippen LogP contribution in [0.4, 0.5) is 8.78 Å². The van der Waals surface area contributed by atoms with Gasteiger partial charge in [-0.3, -0.25) is 4.79 Å². The maximum absolute atomic E-state index is 12.4. The molecule has 0 heterocycles. The number of ketones is 1. The second-order valence-corrected chi connectivity index (χ2v) is 3.55. The van der Waals surface area contributed by atoms with E-state index in [-0.39, 0.29) is 22.7 Å². The smallest absolute Gasteiger partial charge is 0.264 e. The number of hydrogen-bond acceptors (Lipinski definition) is 2. The molecule has 14 heavy (non-hydrogen) atoms. The van der Waals surface area contributed by atoms with E-state index in [1.165, 1.54) is 19.1 Å². The van der Waals surface area contributed by atoms with Crippen LogP contribution in [0.2, 0.25) is 0 Å². The SMILES string of the molecule is CC(=O)Cc1ccc(S)c(C(F)F)c1. The first-order valence-corrected chi connectivity index (χ1v) is 4.55. The molecule has 0 fully saturated rings. The van der Waals surface area contributed by atoms with Crippen molar-refractivity contribution in [3.63, 3.8) is 0 Å². The van der Waals surface area contributed by atoms with Crippen LogP contribution in [-0.2, 0) is 11.2 Å². The first-order chi connectivity index (χ1) is 6.50. The zero-order valence-electron chi connectivity index (χ0n) is 7.63. The number of benzene rings is 1. The highest BCUT2D eigenvalue weighted by atomic mass is 32.1. The predicted octanol–water partition coefficient (Wildman–Crippen LogP) is 3.04. The molecule has 0 aliphatic carbocycles. The molecule has 0 N–H and O–H groups in total. The van der Waals surface area contributed by atoms with Gasteiger partial charge < -0.3 is 0 Å². The van der Waals surface area contributed by atoms with E-state index >= 15 is 0 Å². The molecule has 1 rings (SSSR count). The van der Waals surface area contributed by atoms with Gasteiger partial charge in [-0.15, -0.1) is 12.6 Å². The molecule has 76 valence electrons. The molecule has 0 bridgehead atoms. The molecule has 0 aromatic heterocycles. The van der Waals surface area contributed by atoms with Gasteiger partial charge in [0.05, 0.1) is 0 Å². The van der Waals surface area contributed by atoms with Gasteiger partial charge >= 0.3 is 0 Å². The van der Waals surface area contributed by atoms with E-state index in [0.29, 0.717) is 5.56 Å². The van der Waals surface area contributed by atoms with E-state index in [2.05, 4.69) is 12.6 Å². The van der Waals surface area contributed by atoms with Crippen molar-refractivity contribution in [1.29, 1.82) is 0 Å². The molecule has 1 aromatic rings. The summed E-state index contributed by atoms with van der Waals surface area (Å²) in [5.41, 5.74) is 0.484. The van der Waals surface area contributed by atoms with Crippen molar-refractivity contribution in [2.24, 2.45) is 0 Å². The van der Waals surface area contributed by atoms with E-state index in [0.717, 1.165) is 0 Å². The number of thiol groups is 1. The Morgan fingerprint density at radius 1 is 1.50 bits per heavy atom. The summed E-state index contributed by atoms with van der Waals surface area (Å²) < 4.78 is 24.8. The second-order valence-electron chi connectivity index (χ2n) is 3.07. The molecule has 0 aliphatic rings. The maximum atomic E-state index is 12.4. The van der Waals surface area contributed by atoms with Crippen LogP contribution in [0.1, 0.15) is 24.5 Å². The Hall–Kier alpha value is -0.900. The number of Topliss-reactive ketones (excluding diaryl/α,β-unsaturated/α-hetero) is 1. The summed E-state index contributed by atoms with van der Waals surface area (Å²) in [4.78, 5) is 11.0. The van der Waals surface area contributed by atoms with Gasteiger partial charge in [-0.25, -0.2) is 8.78 Å². The first-order valence-electron chi connectivity index (χ1n) is 4.10. The molecule has 0 saturated heterocycles. The Morgan fingerprint density at radius 3 is 2.64 bits per heavy atom. The lowest BCUT2D eigenvalue weighted by Crippen LogP contribution is -1.98. The zero-order chi connectivity index (χ0) is 10.7. The van der Waals surface area contributed by atoms with E-state index in [4.69, 9.17) is 0 Å². The number of rotatable bonds is 3. The highest BCUT2D eigenvalue weighted by molar-refractivity contribution is 7.80. The summed E-state index contributed by atoms with van der Waals surface area (Å²) in [6.45, 7) is 1.43. The Labute approximate surface area is 86.5 Å². The Bertz CT molecular complexity index is 350. The van der Waals surface area contributed by atoms with Crippen LogP contribution in [0.15, 0.2) is 23.1 Å². The Kier molecular flexibility index (Phi) is 3.63. The molecular formula is C10H10F2OS. The normalized spacial score (nSPS) is 10.6. The third-order valence-corrected chi connectivity index (χ3v) is 2.19. The third-order valence-electron chi connectivity index (χ3n) is 1.78. The van der Waals surface area contributed by atoms with Crippen LogP contribution in [0, 0.1) is 0 Å². The summed E-state index contributed by atoms with van der Waals surface area (Å²) in [5, 5.41) is 0. The fourth-order valence-corrected chi connectivity index (χ4v) is 1.41. The van der Waals surface area contributed by atoms with Crippen molar-refractivity contribution in [2.45, 2.75) is 24.7 Å². The second kappa shape index (κ2) is 4.55. The fraction of sp³-hybridized carbons (Fsp3) is 0.300. The quantitative estimate of drug-likeness (QED) is 0.768. The molecule has 1 nitrogen and oxygen atoms in total. The van der Waals surface area contributed by atoms with Gasteiger partial charge in [-0.2, -0.15) is 0 Å². The summed E-state index contributed by atoms with van der Waals surface area (Å²) in [6, 6.07) is 4.45. The van der Waals surface area contributed by atoms with Gasteiger partial charge in [0, 0.05) is 16.9 Å². The van der Waals surface area contributed by atoms with Gasteiger partial charge in [0.1, 0.15) is 5.78 Å². The third kappa shape index (κ3) is 2.80. The lowest BCUT2D eigenvalue weighted by molar-refractivity contribution is -0.116. The summed E-state index contributed by atoms with van der Waals surface area (Å²) in [7, 11) is 0. The molecule has 0 atom stereocenters. The number of carbonyl (C=O) groups excluding carboxylic acids is 1. The molecule has 0 unspecified atom stereocenters. The minimum absolute atomic E-state index is 0.0443. The number of halogens is 2. The van der Waals surface area contributed by atoms with Gasteiger partial charge in [-0.05, 0) is 24.6 Å². The topological polar surface area (TPSA) is 17.1 Å². The van der Waals surface area contributed by atoms with Crippen molar-refractivity contribution < 1.29 is 13.6 Å².